The van der Waals surface area contributed by atoms with E-state index in [-0.39, 0.29) is 11.7 Å². The summed E-state index contributed by atoms with van der Waals surface area (Å²) in [5.74, 6) is -0.0684. The van der Waals surface area contributed by atoms with Gasteiger partial charge in [0.1, 0.15) is 13.2 Å². The summed E-state index contributed by atoms with van der Waals surface area (Å²) < 4.78 is 5.84. The van der Waals surface area contributed by atoms with E-state index in [0.717, 1.165) is 24.0 Å². The second kappa shape index (κ2) is 6.27. The number of esters is 1. The van der Waals surface area contributed by atoms with Crippen molar-refractivity contribution in [2.45, 2.75) is 13.3 Å². The van der Waals surface area contributed by atoms with Gasteiger partial charge in [-0.1, -0.05) is 6.92 Å². The quantitative estimate of drug-likeness (QED) is 0.398. The first kappa shape index (κ1) is 12.8. The Morgan fingerprint density at radius 3 is 2.46 bits per heavy atom. The van der Waals surface area contributed by atoms with Gasteiger partial charge in [-0.05, 0) is 6.42 Å². The molecule has 0 atom stereocenters. The molecule has 0 heterocycles. The molecule has 78 valence electrons. The lowest BCUT2D eigenvalue weighted by Gasteiger charge is -2.28. The largest absolute Gasteiger partial charge is 0.459 e. The third kappa shape index (κ3) is 6.90. The van der Waals surface area contributed by atoms with Gasteiger partial charge in [-0.25, -0.2) is 0 Å². The van der Waals surface area contributed by atoms with E-state index in [1.807, 2.05) is 0 Å². The molecule has 0 rings (SSSR count). The molecule has 0 fully saturated rings. The Balaban J connectivity index is 3.56. The van der Waals surface area contributed by atoms with E-state index in [0.29, 0.717) is 6.61 Å². The molecule has 0 amide bonds. The summed E-state index contributed by atoms with van der Waals surface area (Å²) in [7, 11) is 4.27. The van der Waals surface area contributed by atoms with Gasteiger partial charge in [0.15, 0.2) is 0 Å². The predicted octanol–water partition coefficient (Wildman–Crippen LogP) is 0.946. The molecule has 0 spiro atoms. The standard InChI is InChI=1S/C9H19NO2S/c1-4-5-10(2,3)6-7-12-9(11)8-13/h4-8H2,1-3H3/p+1. The molecule has 0 aliphatic heterocycles. The van der Waals surface area contributed by atoms with Crippen LogP contribution in [0.1, 0.15) is 13.3 Å². The van der Waals surface area contributed by atoms with Crippen LogP contribution in [0.3, 0.4) is 0 Å². The van der Waals surface area contributed by atoms with Crippen LogP contribution in [0.25, 0.3) is 0 Å². The topological polar surface area (TPSA) is 26.3 Å². The smallest absolute Gasteiger partial charge is 0.315 e. The monoisotopic (exact) mass is 206 g/mol. The summed E-state index contributed by atoms with van der Waals surface area (Å²) in [4.78, 5) is 10.7. The highest BCUT2D eigenvalue weighted by Gasteiger charge is 2.13. The molecule has 0 radical (unpaired) electrons. The van der Waals surface area contributed by atoms with Gasteiger partial charge in [0.25, 0.3) is 0 Å². The van der Waals surface area contributed by atoms with Gasteiger partial charge in [0.2, 0.25) is 0 Å². The van der Waals surface area contributed by atoms with Crippen molar-refractivity contribution in [1.29, 1.82) is 0 Å². The highest BCUT2D eigenvalue weighted by Crippen LogP contribution is 1.98. The molecule has 13 heavy (non-hydrogen) atoms. The summed E-state index contributed by atoms with van der Waals surface area (Å²) in [6.07, 6.45) is 1.15. The Kier molecular flexibility index (Phi) is 6.16. The zero-order valence-corrected chi connectivity index (χ0v) is 9.64. The summed E-state index contributed by atoms with van der Waals surface area (Å²) in [6, 6.07) is 0. The lowest BCUT2D eigenvalue weighted by Crippen LogP contribution is -2.43. The minimum atomic E-state index is -0.236. The van der Waals surface area contributed by atoms with Crippen molar-refractivity contribution in [2.75, 3.05) is 39.5 Å². The normalized spacial score (nSPS) is 11.4. The fraction of sp³-hybridized carbons (Fsp3) is 0.889. The maximum absolute atomic E-state index is 10.7. The van der Waals surface area contributed by atoms with E-state index < -0.39 is 0 Å². The molecule has 0 aromatic heterocycles. The fourth-order valence-electron chi connectivity index (χ4n) is 1.17. The van der Waals surface area contributed by atoms with E-state index in [9.17, 15) is 4.79 Å². The third-order valence-electron chi connectivity index (χ3n) is 1.92. The van der Waals surface area contributed by atoms with Crippen LogP contribution in [0.5, 0.6) is 0 Å². The molecule has 0 saturated carbocycles. The average molecular weight is 206 g/mol. The summed E-state index contributed by atoms with van der Waals surface area (Å²) in [6.45, 7) is 4.62. The van der Waals surface area contributed by atoms with Crippen molar-refractivity contribution in [3.63, 3.8) is 0 Å². The van der Waals surface area contributed by atoms with Gasteiger partial charge in [0.05, 0.1) is 26.4 Å². The second-order valence-corrected chi connectivity index (χ2v) is 4.08. The lowest BCUT2D eigenvalue weighted by atomic mass is 10.4. The molecule has 4 heteroatoms. The van der Waals surface area contributed by atoms with Crippen LogP contribution in [0, 0.1) is 0 Å². The fourth-order valence-corrected chi connectivity index (χ4v) is 1.26. The van der Waals surface area contributed by atoms with Crippen molar-refractivity contribution in [3.8, 4) is 0 Å². The predicted molar refractivity (Wildman–Crippen MR) is 56.9 cm³/mol. The van der Waals surface area contributed by atoms with Crippen molar-refractivity contribution >= 4 is 18.6 Å². The molecule has 0 N–H and O–H groups in total. The number of thiol groups is 1. The van der Waals surface area contributed by atoms with E-state index in [2.05, 4.69) is 33.6 Å². The van der Waals surface area contributed by atoms with Crippen LogP contribution in [-0.2, 0) is 9.53 Å². The van der Waals surface area contributed by atoms with Gasteiger partial charge in [-0.2, -0.15) is 12.6 Å². The van der Waals surface area contributed by atoms with Gasteiger partial charge in [0, 0.05) is 0 Å². The molecular weight excluding hydrogens is 186 g/mol. The lowest BCUT2D eigenvalue weighted by molar-refractivity contribution is -0.890. The van der Waals surface area contributed by atoms with Crippen LogP contribution in [-0.4, -0.2) is 50.0 Å². The SMILES string of the molecule is CCC[N+](C)(C)CCOC(=O)CS. The van der Waals surface area contributed by atoms with Gasteiger partial charge < -0.3 is 9.22 Å². The average Bonchev–Trinajstić information content (AvgIpc) is 2.03. The number of quaternary nitrogens is 1. The minimum Gasteiger partial charge on any atom is -0.459 e. The molecule has 0 aliphatic rings. The molecule has 0 saturated heterocycles. The highest BCUT2D eigenvalue weighted by molar-refractivity contribution is 7.81. The van der Waals surface area contributed by atoms with E-state index >= 15 is 0 Å². The van der Waals surface area contributed by atoms with Crippen LogP contribution in [0.15, 0.2) is 0 Å². The van der Waals surface area contributed by atoms with Crippen molar-refractivity contribution < 1.29 is 14.0 Å². The molecule has 0 aliphatic carbocycles. The van der Waals surface area contributed by atoms with Crippen LogP contribution < -0.4 is 0 Å². The zero-order chi connectivity index (χ0) is 10.3. The zero-order valence-electron chi connectivity index (χ0n) is 8.75. The maximum atomic E-state index is 10.7. The van der Waals surface area contributed by atoms with E-state index in [4.69, 9.17) is 4.74 Å². The number of carbonyl (C=O) groups is 1. The van der Waals surface area contributed by atoms with Crippen molar-refractivity contribution in [3.05, 3.63) is 0 Å². The van der Waals surface area contributed by atoms with E-state index in [1.165, 1.54) is 0 Å². The van der Waals surface area contributed by atoms with Crippen LogP contribution in [0.2, 0.25) is 0 Å². The first-order valence-electron chi connectivity index (χ1n) is 4.60. The molecule has 0 aromatic rings. The van der Waals surface area contributed by atoms with Gasteiger partial charge in [-0.3, -0.25) is 4.79 Å². The summed E-state index contributed by atoms with van der Waals surface area (Å²) >= 11 is 3.82. The van der Waals surface area contributed by atoms with Crippen molar-refractivity contribution in [1.82, 2.24) is 0 Å². The number of hydrogen-bond acceptors (Lipinski definition) is 3. The first-order valence-corrected chi connectivity index (χ1v) is 5.23. The van der Waals surface area contributed by atoms with Crippen molar-refractivity contribution in [2.24, 2.45) is 0 Å². The Morgan fingerprint density at radius 1 is 1.38 bits per heavy atom. The first-order chi connectivity index (χ1) is 6.02. The van der Waals surface area contributed by atoms with E-state index in [1.54, 1.807) is 0 Å². The summed E-state index contributed by atoms with van der Waals surface area (Å²) in [5, 5.41) is 0. The highest BCUT2D eigenvalue weighted by atomic mass is 32.1. The molecule has 0 bridgehead atoms. The number of carbonyl (C=O) groups excluding carboxylic acids is 1. The molecule has 3 nitrogen and oxygen atoms in total. The summed E-state index contributed by atoms with van der Waals surface area (Å²) in [5.41, 5.74) is 0. The Bertz CT molecular complexity index is 160. The number of rotatable bonds is 6. The maximum Gasteiger partial charge on any atom is 0.315 e. The number of ether oxygens (including phenoxy) is 1. The Hall–Kier alpha value is -0.220. The minimum absolute atomic E-state index is 0.168. The van der Waals surface area contributed by atoms with Crippen LogP contribution in [0.4, 0.5) is 0 Å². The van der Waals surface area contributed by atoms with Gasteiger partial charge >= 0.3 is 5.97 Å². The molecular formula is C9H20NO2S+. The number of nitrogens with zero attached hydrogens (tertiary/aromatic N) is 1. The second-order valence-electron chi connectivity index (χ2n) is 3.76. The number of likely N-dealkylation sites (N-methyl/N-ethyl adjacent to an activating group) is 1. The van der Waals surface area contributed by atoms with Crippen LogP contribution >= 0.6 is 12.6 Å². The molecule has 0 unspecified atom stereocenters. The number of hydrogen-bond donors (Lipinski definition) is 1. The molecule has 0 aromatic carbocycles. The Morgan fingerprint density at radius 2 is 2.00 bits per heavy atom. The Labute approximate surface area is 86.1 Å². The van der Waals surface area contributed by atoms with Gasteiger partial charge in [-0.15, -0.1) is 0 Å². The third-order valence-corrected chi connectivity index (χ3v) is 2.18.